The Labute approximate surface area is 110 Å². The van der Waals surface area contributed by atoms with Gasteiger partial charge in [-0.2, -0.15) is 0 Å². The summed E-state index contributed by atoms with van der Waals surface area (Å²) in [5.41, 5.74) is 0. The van der Waals surface area contributed by atoms with E-state index in [1.807, 2.05) is 0 Å². The summed E-state index contributed by atoms with van der Waals surface area (Å²) in [4.78, 5) is 14.3. The summed E-state index contributed by atoms with van der Waals surface area (Å²) < 4.78 is 0. The predicted octanol–water partition coefficient (Wildman–Crippen LogP) is 0.977. The van der Waals surface area contributed by atoms with Crippen LogP contribution in [0.1, 0.15) is 38.5 Å². The third-order valence-electron chi connectivity index (χ3n) is 4.32. The number of piperidine rings is 2. The van der Waals surface area contributed by atoms with Gasteiger partial charge in [0.05, 0.1) is 6.04 Å². The summed E-state index contributed by atoms with van der Waals surface area (Å²) in [6, 6.07) is 0.0660. The molecule has 0 unspecified atom stereocenters. The molecule has 0 aromatic heterocycles. The summed E-state index contributed by atoms with van der Waals surface area (Å²) in [7, 11) is 2.19. The van der Waals surface area contributed by atoms with E-state index in [9.17, 15) is 4.79 Å². The van der Waals surface area contributed by atoms with Crippen LogP contribution >= 0.6 is 0 Å². The molecule has 2 N–H and O–H groups in total. The van der Waals surface area contributed by atoms with E-state index < -0.39 is 0 Å². The number of nitrogens with one attached hydrogen (secondary N) is 2. The third kappa shape index (κ3) is 4.25. The van der Waals surface area contributed by atoms with Gasteiger partial charge in [-0.05, 0) is 64.7 Å². The molecule has 4 nitrogen and oxygen atoms in total. The van der Waals surface area contributed by atoms with Crippen molar-refractivity contribution in [2.24, 2.45) is 5.92 Å². The molecule has 2 heterocycles. The second kappa shape index (κ2) is 7.10. The standard InChI is InChI=1S/C14H27N3O/c1-17-10-6-12(7-11-17)5-9-16-14(18)13-4-2-3-8-15-13/h12-13,15H,2-11H2,1H3,(H,16,18)/t13-/m0/s1. The highest BCUT2D eigenvalue weighted by molar-refractivity contribution is 5.81. The van der Waals surface area contributed by atoms with E-state index >= 15 is 0 Å². The van der Waals surface area contributed by atoms with E-state index in [-0.39, 0.29) is 11.9 Å². The molecule has 0 bridgehead atoms. The van der Waals surface area contributed by atoms with Crippen LogP contribution in [0, 0.1) is 5.92 Å². The number of likely N-dealkylation sites (tertiary alicyclic amines) is 1. The molecule has 18 heavy (non-hydrogen) atoms. The van der Waals surface area contributed by atoms with Crippen molar-refractivity contribution in [2.75, 3.05) is 33.2 Å². The SMILES string of the molecule is CN1CCC(CCNC(=O)[C@@H]2CCCCN2)CC1. The maximum Gasteiger partial charge on any atom is 0.237 e. The lowest BCUT2D eigenvalue weighted by Gasteiger charge is -2.29. The Morgan fingerprint density at radius 3 is 2.72 bits per heavy atom. The fourth-order valence-electron chi connectivity index (χ4n) is 2.95. The van der Waals surface area contributed by atoms with Crippen LogP contribution in [-0.2, 0) is 4.79 Å². The summed E-state index contributed by atoms with van der Waals surface area (Å²) in [5, 5.41) is 6.39. The van der Waals surface area contributed by atoms with E-state index in [0.717, 1.165) is 31.8 Å². The van der Waals surface area contributed by atoms with Gasteiger partial charge in [-0.25, -0.2) is 0 Å². The van der Waals surface area contributed by atoms with Crippen molar-refractivity contribution in [3.05, 3.63) is 0 Å². The monoisotopic (exact) mass is 253 g/mol. The molecule has 0 spiro atoms. The van der Waals surface area contributed by atoms with E-state index in [2.05, 4.69) is 22.6 Å². The molecule has 2 aliphatic heterocycles. The third-order valence-corrected chi connectivity index (χ3v) is 4.32. The van der Waals surface area contributed by atoms with Gasteiger partial charge in [-0.1, -0.05) is 6.42 Å². The second-order valence-electron chi connectivity index (χ2n) is 5.83. The molecule has 2 fully saturated rings. The molecule has 2 saturated heterocycles. The average molecular weight is 253 g/mol. The lowest BCUT2D eigenvalue weighted by molar-refractivity contribution is -0.123. The molecule has 0 aromatic carbocycles. The van der Waals surface area contributed by atoms with Gasteiger partial charge >= 0.3 is 0 Å². The summed E-state index contributed by atoms with van der Waals surface area (Å²) >= 11 is 0. The lowest BCUT2D eigenvalue weighted by atomic mass is 9.94. The molecule has 104 valence electrons. The Kier molecular flexibility index (Phi) is 5.45. The van der Waals surface area contributed by atoms with E-state index in [1.165, 1.54) is 38.8 Å². The smallest absolute Gasteiger partial charge is 0.237 e. The molecule has 1 amide bonds. The fraction of sp³-hybridized carbons (Fsp3) is 0.929. The number of nitrogens with zero attached hydrogens (tertiary/aromatic N) is 1. The van der Waals surface area contributed by atoms with Gasteiger partial charge in [0.15, 0.2) is 0 Å². The first-order chi connectivity index (χ1) is 8.75. The van der Waals surface area contributed by atoms with Crippen LogP contribution in [0.5, 0.6) is 0 Å². The van der Waals surface area contributed by atoms with Crippen molar-refractivity contribution in [2.45, 2.75) is 44.6 Å². The van der Waals surface area contributed by atoms with Crippen LogP contribution < -0.4 is 10.6 Å². The van der Waals surface area contributed by atoms with Crippen LogP contribution in [0.3, 0.4) is 0 Å². The predicted molar refractivity (Wildman–Crippen MR) is 73.5 cm³/mol. The minimum atomic E-state index is 0.0660. The summed E-state index contributed by atoms with van der Waals surface area (Å²) in [5.74, 6) is 1.02. The molecule has 1 atom stereocenters. The number of amides is 1. The zero-order valence-electron chi connectivity index (χ0n) is 11.6. The molecule has 2 aliphatic rings. The highest BCUT2D eigenvalue weighted by Crippen LogP contribution is 2.18. The second-order valence-corrected chi connectivity index (χ2v) is 5.83. The van der Waals surface area contributed by atoms with Crippen LogP contribution in [0.25, 0.3) is 0 Å². The van der Waals surface area contributed by atoms with E-state index in [1.54, 1.807) is 0 Å². The van der Waals surface area contributed by atoms with Crippen molar-refractivity contribution >= 4 is 5.91 Å². The summed E-state index contributed by atoms with van der Waals surface area (Å²) in [6.45, 7) is 4.27. The minimum absolute atomic E-state index is 0.0660. The first-order valence-electron chi connectivity index (χ1n) is 7.45. The fourth-order valence-corrected chi connectivity index (χ4v) is 2.95. The molecule has 2 rings (SSSR count). The highest BCUT2D eigenvalue weighted by Gasteiger charge is 2.21. The number of hydrogen-bond acceptors (Lipinski definition) is 3. The summed E-state index contributed by atoms with van der Waals surface area (Å²) in [6.07, 6.45) is 7.11. The maximum atomic E-state index is 11.9. The lowest BCUT2D eigenvalue weighted by Crippen LogP contribution is -2.47. The number of carbonyl (C=O) groups is 1. The first kappa shape index (κ1) is 13.8. The molecule has 0 saturated carbocycles. The molecular weight excluding hydrogens is 226 g/mol. The normalized spacial score (nSPS) is 27.1. The number of carbonyl (C=O) groups excluding carboxylic acids is 1. The Hall–Kier alpha value is -0.610. The van der Waals surface area contributed by atoms with Crippen LogP contribution in [0.4, 0.5) is 0 Å². The highest BCUT2D eigenvalue weighted by atomic mass is 16.2. The zero-order chi connectivity index (χ0) is 12.8. The first-order valence-corrected chi connectivity index (χ1v) is 7.45. The van der Waals surface area contributed by atoms with Crippen molar-refractivity contribution in [1.82, 2.24) is 15.5 Å². The Morgan fingerprint density at radius 2 is 2.06 bits per heavy atom. The average Bonchev–Trinajstić information content (AvgIpc) is 2.42. The van der Waals surface area contributed by atoms with Gasteiger partial charge in [-0.3, -0.25) is 4.79 Å². The van der Waals surface area contributed by atoms with Crippen LogP contribution in [-0.4, -0.2) is 50.1 Å². The molecular formula is C14H27N3O. The largest absolute Gasteiger partial charge is 0.355 e. The maximum absolute atomic E-state index is 11.9. The minimum Gasteiger partial charge on any atom is -0.355 e. The van der Waals surface area contributed by atoms with Crippen LogP contribution in [0.2, 0.25) is 0 Å². The van der Waals surface area contributed by atoms with Crippen LogP contribution in [0.15, 0.2) is 0 Å². The molecule has 4 heteroatoms. The Balaban J connectivity index is 1.58. The van der Waals surface area contributed by atoms with Gasteiger partial charge < -0.3 is 15.5 Å². The van der Waals surface area contributed by atoms with Gasteiger partial charge in [0, 0.05) is 6.54 Å². The van der Waals surface area contributed by atoms with Crippen molar-refractivity contribution in [3.63, 3.8) is 0 Å². The number of hydrogen-bond donors (Lipinski definition) is 2. The van der Waals surface area contributed by atoms with Gasteiger partial charge in [-0.15, -0.1) is 0 Å². The number of rotatable bonds is 4. The molecule has 0 aliphatic carbocycles. The quantitative estimate of drug-likeness (QED) is 0.785. The van der Waals surface area contributed by atoms with Crippen molar-refractivity contribution in [3.8, 4) is 0 Å². The van der Waals surface area contributed by atoms with Crippen molar-refractivity contribution < 1.29 is 4.79 Å². The van der Waals surface area contributed by atoms with E-state index in [4.69, 9.17) is 0 Å². The van der Waals surface area contributed by atoms with Crippen molar-refractivity contribution in [1.29, 1.82) is 0 Å². The van der Waals surface area contributed by atoms with Gasteiger partial charge in [0.25, 0.3) is 0 Å². The Morgan fingerprint density at radius 1 is 1.28 bits per heavy atom. The Bertz CT molecular complexity index is 256. The van der Waals surface area contributed by atoms with Gasteiger partial charge in [0.2, 0.25) is 5.91 Å². The molecule has 0 radical (unpaired) electrons. The zero-order valence-corrected chi connectivity index (χ0v) is 11.6. The van der Waals surface area contributed by atoms with E-state index in [0.29, 0.717) is 0 Å². The topological polar surface area (TPSA) is 44.4 Å². The van der Waals surface area contributed by atoms with Gasteiger partial charge in [0.1, 0.15) is 0 Å². The molecule has 0 aromatic rings.